The van der Waals surface area contributed by atoms with E-state index in [9.17, 15) is 0 Å². The lowest BCUT2D eigenvalue weighted by atomic mass is 9.66. The molecule has 1 aromatic carbocycles. The third-order valence-electron chi connectivity index (χ3n) is 6.43. The zero-order valence-electron chi connectivity index (χ0n) is 18.7. The topological polar surface area (TPSA) is 46.2 Å². The van der Waals surface area contributed by atoms with E-state index in [1.807, 2.05) is 79.7 Å². The lowest BCUT2D eigenvalue weighted by Gasteiger charge is -2.32. The van der Waals surface area contributed by atoms with E-state index in [0.717, 1.165) is 14.8 Å². The van der Waals surface area contributed by atoms with Crippen LogP contribution in [0.3, 0.4) is 0 Å². The Hall–Kier alpha value is -0.540. The first kappa shape index (κ1) is 23.1. The quantitative estimate of drug-likeness (QED) is 0.306. The molecule has 0 radical (unpaired) electrons. The fraction of sp³-hybridized carbons (Fsp3) is 0.619. The maximum absolute atomic E-state index is 6.28. The summed E-state index contributed by atoms with van der Waals surface area (Å²) in [6, 6.07) is 7.88. The van der Waals surface area contributed by atoms with Crippen LogP contribution in [0.15, 0.2) is 36.0 Å². The van der Waals surface area contributed by atoms with Crippen LogP contribution < -0.4 is 4.74 Å². The highest BCUT2D eigenvalue weighted by Crippen LogP contribution is 2.42. The highest BCUT2D eigenvalue weighted by molar-refractivity contribution is 14.1. The minimum Gasteiger partial charge on any atom is -0.465 e. The van der Waals surface area contributed by atoms with Gasteiger partial charge in [-0.2, -0.15) is 0 Å². The third kappa shape index (κ3) is 4.71. The summed E-state index contributed by atoms with van der Waals surface area (Å²) >= 11 is 2.26. The molecule has 0 amide bonds. The molecule has 0 spiro atoms. The summed E-state index contributed by atoms with van der Waals surface area (Å²) < 4.78 is 32.0. The zero-order valence-corrected chi connectivity index (χ0v) is 20.8. The Bertz CT molecular complexity index is 759. The summed E-state index contributed by atoms with van der Waals surface area (Å²) in [7, 11) is -0.927. The van der Waals surface area contributed by atoms with E-state index in [0.29, 0.717) is 6.32 Å². The molecule has 0 saturated carbocycles. The molecule has 0 unspecified atom stereocenters. The molecule has 2 aliphatic rings. The van der Waals surface area contributed by atoms with Crippen molar-refractivity contribution in [1.29, 1.82) is 0 Å². The van der Waals surface area contributed by atoms with Crippen LogP contribution in [0, 0.1) is 3.57 Å². The van der Waals surface area contributed by atoms with Gasteiger partial charge in [0.15, 0.2) is 0 Å². The van der Waals surface area contributed by atoms with Crippen molar-refractivity contribution >= 4 is 36.8 Å². The van der Waals surface area contributed by atoms with Crippen molar-refractivity contribution in [3.05, 3.63) is 39.6 Å². The average Bonchev–Trinajstić information content (AvgIpc) is 2.91. The van der Waals surface area contributed by atoms with Crippen LogP contribution in [-0.4, -0.2) is 36.6 Å². The monoisotopic (exact) mass is 512 g/mol. The van der Waals surface area contributed by atoms with Crippen molar-refractivity contribution in [3.8, 4) is 5.75 Å². The lowest BCUT2D eigenvalue weighted by molar-refractivity contribution is 0.00578. The van der Waals surface area contributed by atoms with Gasteiger partial charge in [0.05, 0.1) is 32.2 Å². The molecule has 2 heterocycles. The van der Waals surface area contributed by atoms with Crippen LogP contribution in [0.25, 0.3) is 0 Å². The number of hydrogen-bond acceptors (Lipinski definition) is 5. The SMILES string of the molecule is CC1(C)OB(C/C(=C\Oc2ccccc2I)B2OC(C)(C)C(C)(C)O2)OC1(C)C. The second kappa shape index (κ2) is 7.86. The Morgan fingerprint density at radius 2 is 1.34 bits per heavy atom. The van der Waals surface area contributed by atoms with Crippen molar-refractivity contribution in [2.45, 2.75) is 84.1 Å². The molecule has 0 atom stereocenters. The van der Waals surface area contributed by atoms with Gasteiger partial charge in [0.25, 0.3) is 0 Å². The Morgan fingerprint density at radius 3 is 1.86 bits per heavy atom. The number of benzene rings is 1. The number of para-hydroxylation sites is 1. The summed E-state index contributed by atoms with van der Waals surface area (Å²) in [5, 5.41) is 0. The van der Waals surface area contributed by atoms with Gasteiger partial charge in [0.1, 0.15) is 5.75 Å². The van der Waals surface area contributed by atoms with E-state index in [1.165, 1.54) is 0 Å². The van der Waals surface area contributed by atoms with E-state index >= 15 is 0 Å². The molecule has 0 N–H and O–H groups in total. The highest BCUT2D eigenvalue weighted by atomic mass is 127. The first-order chi connectivity index (χ1) is 13.2. The van der Waals surface area contributed by atoms with Gasteiger partial charge in [-0.1, -0.05) is 12.1 Å². The number of halogens is 1. The van der Waals surface area contributed by atoms with Crippen LogP contribution in [-0.2, 0) is 18.6 Å². The zero-order chi connectivity index (χ0) is 21.7. The van der Waals surface area contributed by atoms with E-state index in [-0.39, 0.29) is 0 Å². The summed E-state index contributed by atoms with van der Waals surface area (Å²) in [5.74, 6) is 0.788. The lowest BCUT2D eigenvalue weighted by Crippen LogP contribution is -2.41. The first-order valence-electron chi connectivity index (χ1n) is 10.1. The fourth-order valence-electron chi connectivity index (χ4n) is 3.11. The molecule has 158 valence electrons. The summed E-state index contributed by atoms with van der Waals surface area (Å²) in [6.07, 6.45) is 2.22. The number of hydrogen-bond donors (Lipinski definition) is 0. The van der Waals surface area contributed by atoms with Crippen LogP contribution in [0.5, 0.6) is 5.75 Å². The van der Waals surface area contributed by atoms with E-state index in [2.05, 4.69) is 22.6 Å². The fourth-order valence-corrected chi connectivity index (χ4v) is 3.63. The van der Waals surface area contributed by atoms with Crippen LogP contribution in [0.4, 0.5) is 0 Å². The van der Waals surface area contributed by atoms with Crippen LogP contribution in [0.1, 0.15) is 55.4 Å². The summed E-state index contributed by atoms with van der Waals surface area (Å²) in [5.41, 5.74) is -0.813. The van der Waals surface area contributed by atoms with Gasteiger partial charge >= 0.3 is 14.2 Å². The summed E-state index contributed by atoms with van der Waals surface area (Å²) in [6.45, 7) is 16.4. The predicted molar refractivity (Wildman–Crippen MR) is 125 cm³/mol. The van der Waals surface area contributed by atoms with Crippen LogP contribution in [0.2, 0.25) is 6.32 Å². The largest absolute Gasteiger partial charge is 0.493 e. The molecule has 2 saturated heterocycles. The molecule has 1 aromatic rings. The smallest absolute Gasteiger partial charge is 0.465 e. The second-order valence-corrected chi connectivity index (χ2v) is 10.9. The molecule has 0 aromatic heterocycles. The molecule has 8 heteroatoms. The molecule has 0 aliphatic carbocycles. The predicted octanol–water partition coefficient (Wildman–Crippen LogP) is 5.28. The maximum atomic E-state index is 6.28. The van der Waals surface area contributed by atoms with Crippen molar-refractivity contribution in [3.63, 3.8) is 0 Å². The van der Waals surface area contributed by atoms with Gasteiger partial charge in [-0.15, -0.1) is 0 Å². The maximum Gasteiger partial charge on any atom is 0.493 e. The molecule has 5 nitrogen and oxygen atoms in total. The minimum atomic E-state index is -0.527. The van der Waals surface area contributed by atoms with Crippen molar-refractivity contribution < 1.29 is 23.4 Å². The van der Waals surface area contributed by atoms with E-state index in [4.69, 9.17) is 23.4 Å². The molecule has 2 aliphatic heterocycles. The van der Waals surface area contributed by atoms with Crippen LogP contribution >= 0.6 is 22.6 Å². The Morgan fingerprint density at radius 1 is 0.862 bits per heavy atom. The molecular formula is C21H31B2IO5. The van der Waals surface area contributed by atoms with Crippen molar-refractivity contribution in [2.24, 2.45) is 0 Å². The Balaban J connectivity index is 1.85. The Labute approximate surface area is 189 Å². The molecule has 0 bridgehead atoms. The minimum absolute atomic E-state index is 0.394. The van der Waals surface area contributed by atoms with E-state index in [1.54, 1.807) is 6.26 Å². The summed E-state index contributed by atoms with van der Waals surface area (Å²) in [4.78, 5) is 0. The number of rotatable bonds is 5. The van der Waals surface area contributed by atoms with Gasteiger partial charge < -0.3 is 23.4 Å². The molecule has 29 heavy (non-hydrogen) atoms. The molecule has 2 fully saturated rings. The first-order valence-corrected chi connectivity index (χ1v) is 11.1. The van der Waals surface area contributed by atoms with Gasteiger partial charge in [0, 0.05) is 6.32 Å². The normalized spacial score (nSPS) is 24.8. The highest BCUT2D eigenvalue weighted by Gasteiger charge is 2.55. The second-order valence-electron chi connectivity index (χ2n) is 9.72. The number of allylic oxidation sites excluding steroid dienone is 1. The van der Waals surface area contributed by atoms with Gasteiger partial charge in [-0.3, -0.25) is 0 Å². The third-order valence-corrected chi connectivity index (χ3v) is 7.33. The van der Waals surface area contributed by atoms with Crippen molar-refractivity contribution in [2.75, 3.05) is 0 Å². The van der Waals surface area contributed by atoms with Gasteiger partial charge in [-0.25, -0.2) is 0 Å². The number of ether oxygens (including phenoxy) is 1. The Kier molecular flexibility index (Phi) is 6.27. The van der Waals surface area contributed by atoms with E-state index < -0.39 is 36.6 Å². The molecular weight excluding hydrogens is 481 g/mol. The van der Waals surface area contributed by atoms with Gasteiger partial charge in [0.2, 0.25) is 0 Å². The standard InChI is InChI=1S/C21H31B2IO5/c1-18(2)19(3,4)27-22(26-18)13-15(14-25-17-12-10-9-11-16(17)24)23-28-20(5,6)21(7,8)29-23/h9-12,14H,13H2,1-8H3/b15-14+. The average molecular weight is 512 g/mol. The molecule has 3 rings (SSSR count). The van der Waals surface area contributed by atoms with Gasteiger partial charge in [-0.05, 0) is 95.6 Å². The van der Waals surface area contributed by atoms with Crippen molar-refractivity contribution in [1.82, 2.24) is 0 Å².